The van der Waals surface area contributed by atoms with Crippen LogP contribution in [0.4, 0.5) is 10.1 Å². The Labute approximate surface area is 292 Å². The molecule has 0 saturated carbocycles. The summed E-state index contributed by atoms with van der Waals surface area (Å²) in [4.78, 5) is 50.6. The van der Waals surface area contributed by atoms with Crippen molar-refractivity contribution in [2.45, 2.75) is 72.9 Å². The van der Waals surface area contributed by atoms with E-state index in [9.17, 15) is 28.7 Å². The van der Waals surface area contributed by atoms with Gasteiger partial charge in [0.25, 0.3) is 5.91 Å². The molecule has 3 rings (SSSR count). The van der Waals surface area contributed by atoms with Crippen LogP contribution in [0.25, 0.3) is 5.57 Å². The van der Waals surface area contributed by atoms with E-state index in [0.29, 0.717) is 36.1 Å². The molecule has 0 aliphatic carbocycles. The lowest BCUT2D eigenvalue weighted by molar-refractivity contribution is -0.118. The van der Waals surface area contributed by atoms with Gasteiger partial charge >= 0.3 is 0 Å². The van der Waals surface area contributed by atoms with Crippen LogP contribution in [0.2, 0.25) is 0 Å². The molecule has 3 atom stereocenters. The molecule has 260 valence electrons. The summed E-state index contributed by atoms with van der Waals surface area (Å²) in [6.45, 7) is 8.57. The lowest BCUT2D eigenvalue weighted by atomic mass is 9.89. The SMILES string of the molecule is C/C=C\C#CC(/C=C(\C)C(=O)CO)CC(C)C(C)NC(=O)/C=C/C(C(=O)NCc1ccc2c(c1)NC(=O)CC2)=C(/CC)c1c(F)cnn1S. The largest absolute Gasteiger partial charge is 0.388 e. The number of Topliss-reactive ketones (excluding diaryl/α,β-unsaturated/α-hetero) is 1. The molecular weight excluding hydrogens is 646 g/mol. The normalized spacial score (nSPS) is 15.4. The number of aromatic nitrogens is 2. The van der Waals surface area contributed by atoms with E-state index in [1.54, 1.807) is 32.1 Å². The monoisotopic (exact) mass is 689 g/mol. The first kappa shape index (κ1) is 38.7. The average Bonchev–Trinajstić information content (AvgIpc) is 3.41. The molecule has 4 N–H and O–H groups in total. The molecule has 3 unspecified atom stereocenters. The molecule has 0 saturated heterocycles. The van der Waals surface area contributed by atoms with E-state index in [1.807, 2.05) is 39.0 Å². The van der Waals surface area contributed by atoms with Gasteiger partial charge in [-0.1, -0.05) is 50.0 Å². The molecule has 0 bridgehead atoms. The smallest absolute Gasteiger partial charge is 0.251 e. The first-order valence-corrected chi connectivity index (χ1v) is 16.6. The summed E-state index contributed by atoms with van der Waals surface area (Å²) in [6.07, 6.45) is 10.6. The molecule has 1 aromatic heterocycles. The molecule has 0 radical (unpaired) electrons. The molecule has 2 aromatic rings. The molecule has 49 heavy (non-hydrogen) atoms. The van der Waals surface area contributed by atoms with Crippen LogP contribution in [0, 0.1) is 29.5 Å². The van der Waals surface area contributed by atoms with Gasteiger partial charge in [0.15, 0.2) is 11.6 Å². The van der Waals surface area contributed by atoms with Crippen LogP contribution in [-0.2, 0) is 32.1 Å². The molecule has 0 fully saturated rings. The molecule has 1 aromatic carbocycles. The zero-order valence-electron chi connectivity index (χ0n) is 28.5. The molecule has 12 heteroatoms. The van der Waals surface area contributed by atoms with Crippen molar-refractivity contribution < 1.29 is 28.7 Å². The number of allylic oxidation sites excluding steroid dienone is 4. The van der Waals surface area contributed by atoms with E-state index in [1.165, 1.54) is 12.2 Å². The van der Waals surface area contributed by atoms with Gasteiger partial charge < -0.3 is 21.1 Å². The molecule has 1 aliphatic rings. The first-order chi connectivity index (χ1) is 23.4. The fourth-order valence-electron chi connectivity index (χ4n) is 5.29. The number of hydrogen-bond donors (Lipinski definition) is 5. The predicted molar refractivity (Wildman–Crippen MR) is 191 cm³/mol. The fraction of sp³-hybridized carbons (Fsp3) is 0.378. The molecular formula is C37H44FN5O5S. The van der Waals surface area contributed by atoms with Gasteiger partial charge in [-0.3, -0.25) is 19.2 Å². The van der Waals surface area contributed by atoms with Crippen LogP contribution in [0.3, 0.4) is 0 Å². The topological polar surface area (TPSA) is 142 Å². The number of hydrogen-bond acceptors (Lipinski definition) is 7. The number of nitrogens with one attached hydrogen (secondary N) is 3. The number of aryl methyl sites for hydroxylation is 1. The number of aliphatic hydroxyl groups is 1. The average molecular weight is 690 g/mol. The standard InChI is InChI=1S/C37H44FN5O5S/c1-6-8-9-10-26(18-24(4)33(45)22-44)17-23(3)25(5)41-34(46)16-14-30(29(7-2)36-31(38)21-40-43(36)49)37(48)39-20-27-11-12-28-13-15-35(47)42-32(28)19-27/h6,8,11-12,14,16,18-19,21,23,25-26,44,49H,7,13,15,17,20,22H2,1-5H3,(H,39,48)(H,41,46)(H,42,47)/b8-6-,16-14+,24-18+,30-29+. The van der Waals surface area contributed by atoms with E-state index in [4.69, 9.17) is 0 Å². The second-order valence-corrected chi connectivity index (χ2v) is 12.2. The quantitative estimate of drug-likeness (QED) is 0.0830. The van der Waals surface area contributed by atoms with Crippen molar-refractivity contribution in [1.29, 1.82) is 0 Å². The Bertz CT molecular complexity index is 1730. The number of benzene rings is 1. The molecule has 3 amide bonds. The minimum absolute atomic E-state index is 0.00706. The summed E-state index contributed by atoms with van der Waals surface area (Å²) in [5, 5.41) is 21.7. The van der Waals surface area contributed by atoms with Crippen LogP contribution in [0.15, 0.2) is 65.9 Å². The zero-order chi connectivity index (χ0) is 36.1. The van der Waals surface area contributed by atoms with Gasteiger partial charge in [-0.05, 0) is 99.3 Å². The summed E-state index contributed by atoms with van der Waals surface area (Å²) < 4.78 is 15.9. The second-order valence-electron chi connectivity index (χ2n) is 11.9. The van der Waals surface area contributed by atoms with Gasteiger partial charge in [0, 0.05) is 42.3 Å². The Balaban J connectivity index is 1.81. The minimum Gasteiger partial charge on any atom is -0.388 e. The molecule has 0 spiro atoms. The number of amides is 3. The van der Waals surface area contributed by atoms with Gasteiger partial charge in [-0.2, -0.15) is 5.10 Å². The molecule has 1 aliphatic heterocycles. The highest BCUT2D eigenvalue weighted by Gasteiger charge is 2.22. The lowest BCUT2D eigenvalue weighted by Crippen LogP contribution is -2.36. The Morgan fingerprint density at radius 3 is 2.63 bits per heavy atom. The van der Waals surface area contributed by atoms with Crippen molar-refractivity contribution in [1.82, 2.24) is 19.8 Å². The van der Waals surface area contributed by atoms with Gasteiger partial charge in [0.05, 0.1) is 6.20 Å². The van der Waals surface area contributed by atoms with Crippen molar-refractivity contribution in [3.05, 3.63) is 88.6 Å². The number of nitrogens with zero attached hydrogens (tertiary/aromatic N) is 2. The number of carbonyl (C=O) groups is 4. The van der Waals surface area contributed by atoms with Crippen molar-refractivity contribution in [3.8, 4) is 11.8 Å². The van der Waals surface area contributed by atoms with Crippen LogP contribution in [-0.4, -0.2) is 50.4 Å². The zero-order valence-corrected chi connectivity index (χ0v) is 29.4. The summed E-state index contributed by atoms with van der Waals surface area (Å²) in [6, 6.07) is 5.27. The number of thiol groups is 1. The first-order valence-electron chi connectivity index (χ1n) is 16.2. The predicted octanol–water partition coefficient (Wildman–Crippen LogP) is 4.87. The molecule has 10 nitrogen and oxygen atoms in total. The summed E-state index contributed by atoms with van der Waals surface area (Å²) in [5.41, 5.74) is 3.25. The maximum absolute atomic E-state index is 14.8. The van der Waals surface area contributed by atoms with Crippen molar-refractivity contribution in [3.63, 3.8) is 0 Å². The highest BCUT2D eigenvalue weighted by Crippen LogP contribution is 2.27. The van der Waals surface area contributed by atoms with Crippen molar-refractivity contribution >= 4 is 47.6 Å². The van der Waals surface area contributed by atoms with Gasteiger partial charge in [0.2, 0.25) is 11.8 Å². The van der Waals surface area contributed by atoms with Gasteiger partial charge in [-0.25, -0.2) is 8.48 Å². The number of anilines is 1. The third-order valence-electron chi connectivity index (χ3n) is 8.24. The number of aliphatic hydroxyl groups excluding tert-OH is 1. The fourth-order valence-corrected chi connectivity index (χ4v) is 5.56. The van der Waals surface area contributed by atoms with Crippen molar-refractivity contribution in [2.75, 3.05) is 11.9 Å². The van der Waals surface area contributed by atoms with Crippen LogP contribution in [0.1, 0.15) is 70.7 Å². The maximum atomic E-state index is 14.8. The van der Waals surface area contributed by atoms with Gasteiger partial charge in [0.1, 0.15) is 12.3 Å². The van der Waals surface area contributed by atoms with Crippen molar-refractivity contribution in [2.24, 2.45) is 11.8 Å². The Morgan fingerprint density at radius 1 is 1.22 bits per heavy atom. The Morgan fingerprint density at radius 2 is 1.98 bits per heavy atom. The van der Waals surface area contributed by atoms with Crippen LogP contribution >= 0.6 is 12.8 Å². The number of rotatable bonds is 14. The van der Waals surface area contributed by atoms with E-state index < -0.39 is 24.2 Å². The number of fused-ring (bicyclic) bond motifs is 1. The summed E-state index contributed by atoms with van der Waals surface area (Å²) in [7, 11) is 0. The lowest BCUT2D eigenvalue weighted by Gasteiger charge is -2.22. The van der Waals surface area contributed by atoms with E-state index >= 15 is 0 Å². The third-order valence-corrected chi connectivity index (χ3v) is 8.55. The third kappa shape index (κ3) is 11.2. The Kier molecular flexibility index (Phi) is 14.8. The van der Waals surface area contributed by atoms with E-state index in [-0.39, 0.29) is 53.8 Å². The number of ketones is 1. The van der Waals surface area contributed by atoms with Crippen LogP contribution < -0.4 is 16.0 Å². The van der Waals surface area contributed by atoms with E-state index in [0.717, 1.165) is 21.4 Å². The number of halogens is 1. The minimum atomic E-state index is -0.667. The second kappa shape index (κ2) is 18.7. The highest BCUT2D eigenvalue weighted by atomic mass is 32.1. The Hall–Kier alpha value is -4.73. The van der Waals surface area contributed by atoms with Gasteiger partial charge in [-0.15, -0.1) is 0 Å². The summed E-state index contributed by atoms with van der Waals surface area (Å²) >= 11 is 4.22. The number of carbonyl (C=O) groups excluding carboxylic acids is 4. The van der Waals surface area contributed by atoms with E-state index in [2.05, 4.69) is 45.7 Å². The maximum Gasteiger partial charge on any atom is 0.251 e. The molecule has 2 heterocycles. The van der Waals surface area contributed by atoms with Crippen LogP contribution in [0.5, 0.6) is 0 Å². The summed E-state index contributed by atoms with van der Waals surface area (Å²) in [5.74, 6) is 3.57. The highest BCUT2D eigenvalue weighted by molar-refractivity contribution is 7.78.